The first-order valence-corrected chi connectivity index (χ1v) is 7.31. The van der Waals surface area contributed by atoms with E-state index >= 15 is 0 Å². The lowest BCUT2D eigenvalue weighted by Gasteiger charge is -2.20. The van der Waals surface area contributed by atoms with Gasteiger partial charge in [-0.25, -0.2) is 4.39 Å². The SMILES string of the molecule is CCCC[C@H](N)c1nc(C(C)(C)c2ccc(F)cc2)no1. The summed E-state index contributed by atoms with van der Waals surface area (Å²) in [5, 5.41) is 4.06. The minimum Gasteiger partial charge on any atom is -0.338 e. The fraction of sp³-hybridized carbons (Fsp3) is 0.500. The lowest BCUT2D eigenvalue weighted by molar-refractivity contribution is 0.338. The Kier molecular flexibility index (Phi) is 4.73. The molecular weight excluding hydrogens is 269 g/mol. The number of rotatable bonds is 6. The highest BCUT2D eigenvalue weighted by Crippen LogP contribution is 2.30. The van der Waals surface area contributed by atoms with E-state index in [1.165, 1.54) is 12.1 Å². The molecule has 1 atom stereocenters. The molecule has 0 radical (unpaired) electrons. The fourth-order valence-electron chi connectivity index (χ4n) is 2.18. The molecule has 21 heavy (non-hydrogen) atoms. The second-order valence-corrected chi connectivity index (χ2v) is 5.84. The summed E-state index contributed by atoms with van der Waals surface area (Å²) in [6.07, 6.45) is 2.94. The zero-order valence-corrected chi connectivity index (χ0v) is 12.8. The van der Waals surface area contributed by atoms with E-state index < -0.39 is 5.41 Å². The van der Waals surface area contributed by atoms with E-state index in [4.69, 9.17) is 10.3 Å². The topological polar surface area (TPSA) is 64.9 Å². The molecule has 0 unspecified atom stereocenters. The summed E-state index contributed by atoms with van der Waals surface area (Å²) in [4.78, 5) is 4.44. The molecule has 0 spiro atoms. The van der Waals surface area contributed by atoms with Crippen LogP contribution in [0.25, 0.3) is 0 Å². The molecule has 0 aliphatic rings. The van der Waals surface area contributed by atoms with Crippen LogP contribution in [-0.4, -0.2) is 10.1 Å². The van der Waals surface area contributed by atoms with E-state index in [9.17, 15) is 4.39 Å². The minimum absolute atomic E-state index is 0.227. The summed E-state index contributed by atoms with van der Waals surface area (Å²) in [7, 11) is 0. The van der Waals surface area contributed by atoms with Crippen LogP contribution in [0.1, 0.15) is 63.4 Å². The predicted molar refractivity (Wildman–Crippen MR) is 79.3 cm³/mol. The highest BCUT2D eigenvalue weighted by atomic mass is 19.1. The van der Waals surface area contributed by atoms with Crippen molar-refractivity contribution in [2.24, 2.45) is 5.73 Å². The normalized spacial score (nSPS) is 13.4. The van der Waals surface area contributed by atoms with Crippen molar-refractivity contribution >= 4 is 0 Å². The van der Waals surface area contributed by atoms with Crippen LogP contribution in [0.2, 0.25) is 0 Å². The van der Waals surface area contributed by atoms with Crippen LogP contribution in [-0.2, 0) is 5.41 Å². The van der Waals surface area contributed by atoms with Gasteiger partial charge in [0.05, 0.1) is 11.5 Å². The maximum absolute atomic E-state index is 13.0. The van der Waals surface area contributed by atoms with Crippen molar-refractivity contribution in [3.05, 3.63) is 47.4 Å². The van der Waals surface area contributed by atoms with Crippen molar-refractivity contribution in [1.82, 2.24) is 10.1 Å². The molecular formula is C16H22FN3O. The molecule has 1 aromatic heterocycles. The van der Waals surface area contributed by atoms with E-state index in [0.29, 0.717) is 11.7 Å². The largest absolute Gasteiger partial charge is 0.338 e. The summed E-state index contributed by atoms with van der Waals surface area (Å²) in [5.74, 6) is 0.773. The summed E-state index contributed by atoms with van der Waals surface area (Å²) in [6.45, 7) is 6.07. The van der Waals surface area contributed by atoms with Crippen LogP contribution < -0.4 is 5.73 Å². The van der Waals surface area contributed by atoms with Crippen LogP contribution in [0.5, 0.6) is 0 Å². The lowest BCUT2D eigenvalue weighted by atomic mass is 9.84. The van der Waals surface area contributed by atoms with E-state index in [-0.39, 0.29) is 11.9 Å². The Morgan fingerprint density at radius 2 is 1.95 bits per heavy atom. The van der Waals surface area contributed by atoms with Crippen LogP contribution in [0.15, 0.2) is 28.8 Å². The maximum atomic E-state index is 13.0. The van der Waals surface area contributed by atoms with Gasteiger partial charge in [0.2, 0.25) is 5.89 Å². The van der Waals surface area contributed by atoms with Gasteiger partial charge in [-0.1, -0.05) is 37.1 Å². The van der Waals surface area contributed by atoms with Gasteiger partial charge in [0.25, 0.3) is 0 Å². The molecule has 0 bridgehead atoms. The predicted octanol–water partition coefficient (Wildman–Crippen LogP) is 3.72. The molecule has 2 rings (SSSR count). The summed E-state index contributed by atoms with van der Waals surface area (Å²) in [6, 6.07) is 6.12. The number of nitrogens with two attached hydrogens (primary N) is 1. The van der Waals surface area contributed by atoms with Crippen molar-refractivity contribution in [3.63, 3.8) is 0 Å². The van der Waals surface area contributed by atoms with Gasteiger partial charge in [0.1, 0.15) is 5.82 Å². The third-order valence-corrected chi connectivity index (χ3v) is 3.75. The number of unbranched alkanes of at least 4 members (excludes halogenated alkanes) is 1. The zero-order chi connectivity index (χ0) is 15.5. The van der Waals surface area contributed by atoms with Gasteiger partial charge in [0, 0.05) is 0 Å². The third kappa shape index (κ3) is 3.47. The van der Waals surface area contributed by atoms with Gasteiger partial charge in [-0.3, -0.25) is 0 Å². The average Bonchev–Trinajstić information content (AvgIpc) is 2.96. The number of aromatic nitrogens is 2. The van der Waals surface area contributed by atoms with E-state index in [1.807, 2.05) is 13.8 Å². The van der Waals surface area contributed by atoms with Crippen LogP contribution >= 0.6 is 0 Å². The molecule has 114 valence electrons. The maximum Gasteiger partial charge on any atom is 0.243 e. The second-order valence-electron chi connectivity index (χ2n) is 5.84. The fourth-order valence-corrected chi connectivity index (χ4v) is 2.18. The Morgan fingerprint density at radius 3 is 2.57 bits per heavy atom. The van der Waals surface area contributed by atoms with Crippen molar-refractivity contribution in [3.8, 4) is 0 Å². The quantitative estimate of drug-likeness (QED) is 0.880. The molecule has 4 nitrogen and oxygen atoms in total. The van der Waals surface area contributed by atoms with Gasteiger partial charge >= 0.3 is 0 Å². The average molecular weight is 291 g/mol. The highest BCUT2D eigenvalue weighted by Gasteiger charge is 2.29. The first-order valence-electron chi connectivity index (χ1n) is 7.31. The van der Waals surface area contributed by atoms with Crippen LogP contribution in [0.3, 0.4) is 0 Å². The third-order valence-electron chi connectivity index (χ3n) is 3.75. The molecule has 0 saturated heterocycles. The number of hydrogen-bond acceptors (Lipinski definition) is 4. The Morgan fingerprint density at radius 1 is 1.29 bits per heavy atom. The van der Waals surface area contributed by atoms with E-state index in [1.54, 1.807) is 12.1 Å². The standard InChI is InChI=1S/C16H22FN3O/c1-4-5-6-13(18)14-19-15(20-21-14)16(2,3)11-7-9-12(17)10-8-11/h7-10,13H,4-6,18H2,1-3H3/t13-/m0/s1. The Balaban J connectivity index is 2.21. The minimum atomic E-state index is -0.458. The Bertz CT molecular complexity index is 577. The van der Waals surface area contributed by atoms with Crippen molar-refractivity contribution in [2.75, 3.05) is 0 Å². The number of benzene rings is 1. The van der Waals surface area contributed by atoms with Gasteiger partial charge in [-0.2, -0.15) is 4.98 Å². The first-order chi connectivity index (χ1) is 9.95. The van der Waals surface area contributed by atoms with Crippen LogP contribution in [0, 0.1) is 5.82 Å². The summed E-state index contributed by atoms with van der Waals surface area (Å²) in [5.41, 5.74) is 6.52. The Hall–Kier alpha value is -1.75. The molecule has 0 amide bonds. The van der Waals surface area contributed by atoms with Gasteiger partial charge in [-0.05, 0) is 38.0 Å². The molecule has 0 fully saturated rings. The monoisotopic (exact) mass is 291 g/mol. The first kappa shape index (κ1) is 15.6. The second kappa shape index (κ2) is 6.35. The van der Waals surface area contributed by atoms with Gasteiger partial charge in [-0.15, -0.1) is 0 Å². The molecule has 0 saturated carbocycles. The number of halogens is 1. The number of hydrogen-bond donors (Lipinski definition) is 1. The van der Waals surface area contributed by atoms with E-state index in [0.717, 1.165) is 24.8 Å². The smallest absolute Gasteiger partial charge is 0.243 e. The molecule has 0 aliphatic heterocycles. The number of nitrogens with zero attached hydrogens (tertiary/aromatic N) is 2. The molecule has 5 heteroatoms. The Labute approximate surface area is 124 Å². The summed E-state index contributed by atoms with van der Waals surface area (Å²) < 4.78 is 18.3. The molecule has 1 heterocycles. The summed E-state index contributed by atoms with van der Waals surface area (Å²) >= 11 is 0. The van der Waals surface area contributed by atoms with Crippen molar-refractivity contribution in [2.45, 2.75) is 51.5 Å². The van der Waals surface area contributed by atoms with E-state index in [2.05, 4.69) is 17.1 Å². The van der Waals surface area contributed by atoms with Crippen LogP contribution in [0.4, 0.5) is 4.39 Å². The zero-order valence-electron chi connectivity index (χ0n) is 12.8. The van der Waals surface area contributed by atoms with Gasteiger partial charge < -0.3 is 10.3 Å². The van der Waals surface area contributed by atoms with Crippen molar-refractivity contribution in [1.29, 1.82) is 0 Å². The molecule has 1 aromatic carbocycles. The lowest BCUT2D eigenvalue weighted by Crippen LogP contribution is -2.21. The highest BCUT2D eigenvalue weighted by molar-refractivity contribution is 5.30. The molecule has 2 N–H and O–H groups in total. The van der Waals surface area contributed by atoms with Gasteiger partial charge in [0.15, 0.2) is 5.82 Å². The van der Waals surface area contributed by atoms with Crippen molar-refractivity contribution < 1.29 is 8.91 Å². The molecule has 0 aliphatic carbocycles. The molecule has 2 aromatic rings.